The third-order valence-corrected chi connectivity index (χ3v) is 4.66. The zero-order chi connectivity index (χ0) is 14.9. The van der Waals surface area contributed by atoms with Gasteiger partial charge in [-0.1, -0.05) is 13.3 Å². The van der Waals surface area contributed by atoms with E-state index >= 15 is 0 Å². The number of rotatable bonds is 4. The van der Waals surface area contributed by atoms with Crippen molar-refractivity contribution in [1.29, 1.82) is 0 Å². The van der Waals surface area contributed by atoms with Crippen molar-refractivity contribution >= 4 is 23.2 Å². The molecule has 0 spiro atoms. The largest absolute Gasteiger partial charge is 0.480 e. The van der Waals surface area contributed by atoms with Crippen molar-refractivity contribution in [2.75, 3.05) is 6.54 Å². The number of aryl methyl sites for hydroxylation is 2. The highest BCUT2D eigenvalue weighted by atomic mass is 32.1. The van der Waals surface area contributed by atoms with E-state index in [9.17, 15) is 14.7 Å². The monoisotopic (exact) mass is 297 g/mol. The molecule has 2 atom stereocenters. The number of carbonyl (C=O) groups excluding carboxylic acids is 1. The highest BCUT2D eigenvalue weighted by Crippen LogP contribution is 2.27. The number of carbonyl (C=O) groups is 2. The van der Waals surface area contributed by atoms with Gasteiger partial charge in [-0.2, -0.15) is 0 Å². The minimum absolute atomic E-state index is 0.0931. The van der Waals surface area contributed by atoms with Crippen LogP contribution in [0.5, 0.6) is 0 Å². The van der Waals surface area contributed by atoms with Crippen LogP contribution in [-0.4, -0.2) is 45.7 Å². The summed E-state index contributed by atoms with van der Waals surface area (Å²) in [7, 11) is 0. The first-order chi connectivity index (χ1) is 9.43. The molecular formula is C14H19NO4S. The van der Waals surface area contributed by atoms with Gasteiger partial charge in [0, 0.05) is 17.8 Å². The lowest BCUT2D eigenvalue weighted by atomic mass is 10.1. The maximum absolute atomic E-state index is 12.4. The number of carboxylic acid groups (broad SMARTS) is 1. The van der Waals surface area contributed by atoms with Crippen molar-refractivity contribution in [3.63, 3.8) is 0 Å². The standard InChI is InChI=1S/C14H19NO4S/c1-3-4-9-5-12(20-8(9)2)13(17)15-7-10(16)6-11(15)14(18)19/h5,10-11,16H,3-4,6-7H2,1-2H3,(H,18,19)/t10?,11-/m0/s1. The van der Waals surface area contributed by atoms with Gasteiger partial charge in [0.2, 0.25) is 0 Å². The molecule has 5 nitrogen and oxygen atoms in total. The smallest absolute Gasteiger partial charge is 0.326 e. The molecule has 2 rings (SSSR count). The first-order valence-electron chi connectivity index (χ1n) is 6.75. The molecule has 0 saturated carbocycles. The molecule has 1 aliphatic rings. The van der Waals surface area contributed by atoms with E-state index in [0.29, 0.717) is 4.88 Å². The third kappa shape index (κ3) is 2.86. The molecule has 1 fully saturated rings. The summed E-state index contributed by atoms with van der Waals surface area (Å²) in [5, 5.41) is 18.7. The molecule has 1 aromatic heterocycles. The Balaban J connectivity index is 2.22. The highest BCUT2D eigenvalue weighted by Gasteiger charge is 2.39. The third-order valence-electron chi connectivity index (χ3n) is 3.58. The van der Waals surface area contributed by atoms with Crippen LogP contribution in [0.2, 0.25) is 0 Å². The van der Waals surface area contributed by atoms with Gasteiger partial charge in [0.1, 0.15) is 6.04 Å². The van der Waals surface area contributed by atoms with E-state index in [2.05, 4.69) is 6.92 Å². The van der Waals surface area contributed by atoms with Crippen LogP contribution in [0.25, 0.3) is 0 Å². The van der Waals surface area contributed by atoms with Crippen LogP contribution in [-0.2, 0) is 11.2 Å². The first-order valence-corrected chi connectivity index (χ1v) is 7.56. The maximum Gasteiger partial charge on any atom is 0.326 e. The Kier molecular flexibility index (Phi) is 4.45. The van der Waals surface area contributed by atoms with Crippen molar-refractivity contribution in [3.05, 3.63) is 21.4 Å². The Morgan fingerprint density at radius 3 is 2.80 bits per heavy atom. The number of amides is 1. The molecule has 1 amide bonds. The van der Waals surface area contributed by atoms with Crippen LogP contribution >= 0.6 is 11.3 Å². The minimum Gasteiger partial charge on any atom is -0.480 e. The number of aliphatic hydroxyl groups is 1. The Labute approximate surface area is 121 Å². The van der Waals surface area contributed by atoms with E-state index < -0.39 is 18.1 Å². The quantitative estimate of drug-likeness (QED) is 0.886. The molecule has 0 aliphatic carbocycles. The van der Waals surface area contributed by atoms with Gasteiger partial charge < -0.3 is 15.1 Å². The SMILES string of the molecule is CCCc1cc(C(=O)N2CC(O)C[C@H]2C(=O)O)sc1C. The molecule has 20 heavy (non-hydrogen) atoms. The van der Waals surface area contributed by atoms with Gasteiger partial charge >= 0.3 is 5.97 Å². The fourth-order valence-corrected chi connectivity index (χ4v) is 3.58. The zero-order valence-electron chi connectivity index (χ0n) is 11.6. The van der Waals surface area contributed by atoms with E-state index in [1.807, 2.05) is 13.0 Å². The summed E-state index contributed by atoms with van der Waals surface area (Å²) in [5.74, 6) is -1.35. The number of aliphatic carboxylic acids is 1. The van der Waals surface area contributed by atoms with Gasteiger partial charge in [0.15, 0.2) is 0 Å². The van der Waals surface area contributed by atoms with E-state index in [0.717, 1.165) is 23.3 Å². The van der Waals surface area contributed by atoms with Crippen molar-refractivity contribution in [2.45, 2.75) is 45.3 Å². The zero-order valence-corrected chi connectivity index (χ0v) is 12.4. The van der Waals surface area contributed by atoms with E-state index in [1.54, 1.807) is 0 Å². The second-order valence-corrected chi connectivity index (χ2v) is 6.40. The topological polar surface area (TPSA) is 77.8 Å². The number of hydrogen-bond acceptors (Lipinski definition) is 4. The molecule has 1 unspecified atom stereocenters. The first kappa shape index (κ1) is 15.0. The average Bonchev–Trinajstić information content (AvgIpc) is 2.93. The molecule has 1 saturated heterocycles. The number of hydrogen-bond donors (Lipinski definition) is 2. The Bertz CT molecular complexity index is 525. The summed E-state index contributed by atoms with van der Waals surface area (Å²) >= 11 is 1.40. The van der Waals surface area contributed by atoms with Crippen LogP contribution in [0.15, 0.2) is 6.07 Å². The van der Waals surface area contributed by atoms with Crippen LogP contribution in [0.4, 0.5) is 0 Å². The number of likely N-dealkylation sites (tertiary alicyclic amines) is 1. The molecule has 0 aromatic carbocycles. The fourth-order valence-electron chi connectivity index (χ4n) is 2.56. The van der Waals surface area contributed by atoms with Gasteiger partial charge in [-0.25, -0.2) is 4.79 Å². The number of aliphatic hydroxyl groups excluding tert-OH is 1. The Morgan fingerprint density at radius 2 is 2.20 bits per heavy atom. The van der Waals surface area contributed by atoms with Crippen LogP contribution in [0.1, 0.15) is 39.9 Å². The van der Waals surface area contributed by atoms with Gasteiger partial charge in [-0.15, -0.1) is 11.3 Å². The lowest BCUT2D eigenvalue weighted by Gasteiger charge is -2.20. The second kappa shape index (κ2) is 5.93. The summed E-state index contributed by atoms with van der Waals surface area (Å²) in [5.41, 5.74) is 1.15. The molecule has 6 heteroatoms. The molecule has 2 heterocycles. The maximum atomic E-state index is 12.4. The van der Waals surface area contributed by atoms with Crippen LogP contribution in [0, 0.1) is 6.92 Å². The molecule has 0 radical (unpaired) electrons. The summed E-state index contributed by atoms with van der Waals surface area (Å²) in [6, 6.07) is 0.935. The van der Waals surface area contributed by atoms with Crippen LogP contribution < -0.4 is 0 Å². The van der Waals surface area contributed by atoms with Gasteiger partial charge in [-0.3, -0.25) is 4.79 Å². The van der Waals surface area contributed by atoms with Crippen LogP contribution in [0.3, 0.4) is 0 Å². The predicted molar refractivity (Wildman–Crippen MR) is 76.1 cm³/mol. The van der Waals surface area contributed by atoms with Gasteiger partial charge in [-0.05, 0) is 25.0 Å². The number of nitrogens with zero attached hydrogens (tertiary/aromatic N) is 1. The minimum atomic E-state index is -1.06. The number of β-amino-alcohol motifs (C(OH)–C–C–N with tert-alkyl or cyclic N) is 1. The number of carboxylic acids is 1. The highest BCUT2D eigenvalue weighted by molar-refractivity contribution is 7.14. The molecule has 0 bridgehead atoms. The van der Waals surface area contributed by atoms with E-state index in [1.165, 1.54) is 16.2 Å². The summed E-state index contributed by atoms with van der Waals surface area (Å²) in [6.45, 7) is 4.14. The second-order valence-electron chi connectivity index (χ2n) is 5.14. The molecular weight excluding hydrogens is 278 g/mol. The van der Waals surface area contributed by atoms with Crippen molar-refractivity contribution in [3.8, 4) is 0 Å². The lowest BCUT2D eigenvalue weighted by Crippen LogP contribution is -2.40. The van der Waals surface area contributed by atoms with Crippen molar-refractivity contribution in [2.24, 2.45) is 0 Å². The molecule has 110 valence electrons. The van der Waals surface area contributed by atoms with E-state index in [4.69, 9.17) is 5.11 Å². The van der Waals surface area contributed by atoms with Crippen molar-refractivity contribution in [1.82, 2.24) is 4.90 Å². The lowest BCUT2D eigenvalue weighted by molar-refractivity contribution is -0.141. The predicted octanol–water partition coefficient (Wildman–Crippen LogP) is 1.67. The molecule has 1 aliphatic heterocycles. The molecule has 2 N–H and O–H groups in total. The van der Waals surface area contributed by atoms with Crippen molar-refractivity contribution < 1.29 is 19.8 Å². The Morgan fingerprint density at radius 1 is 1.50 bits per heavy atom. The molecule has 1 aromatic rings. The fraction of sp³-hybridized carbons (Fsp3) is 0.571. The van der Waals surface area contributed by atoms with E-state index in [-0.39, 0.29) is 18.9 Å². The summed E-state index contributed by atoms with van der Waals surface area (Å²) < 4.78 is 0. The summed E-state index contributed by atoms with van der Waals surface area (Å²) in [4.78, 5) is 26.5. The average molecular weight is 297 g/mol. The number of thiophene rings is 1. The Hall–Kier alpha value is -1.40. The summed E-state index contributed by atoms with van der Waals surface area (Å²) in [6.07, 6.45) is 1.27. The van der Waals surface area contributed by atoms with Gasteiger partial charge in [0.05, 0.1) is 11.0 Å². The normalized spacial score (nSPS) is 22.2. The van der Waals surface area contributed by atoms with Gasteiger partial charge in [0.25, 0.3) is 5.91 Å².